The number of thiophene rings is 1. The molecule has 0 saturated heterocycles. The summed E-state index contributed by atoms with van der Waals surface area (Å²) in [4.78, 5) is 7.26. The van der Waals surface area contributed by atoms with Crippen molar-refractivity contribution in [3.05, 3.63) is 127 Å². The molecule has 0 amide bonds. The number of benzene rings is 5. The van der Waals surface area contributed by atoms with Gasteiger partial charge >= 0.3 is 0 Å². The van der Waals surface area contributed by atoms with Crippen LogP contribution in [0.4, 0.5) is 17.1 Å². The lowest BCUT2D eigenvalue weighted by molar-refractivity contribution is 0.590. The highest BCUT2D eigenvalue weighted by molar-refractivity contribution is 7.25. The molecule has 0 radical (unpaired) electrons. The molecule has 0 spiro atoms. The Bertz CT molecular complexity index is 1980. The van der Waals surface area contributed by atoms with Gasteiger partial charge in [0.25, 0.3) is 0 Å². The Kier molecular flexibility index (Phi) is 6.41. The van der Waals surface area contributed by atoms with Gasteiger partial charge in [0, 0.05) is 48.4 Å². The van der Waals surface area contributed by atoms with Crippen LogP contribution in [0.25, 0.3) is 42.1 Å². The van der Waals surface area contributed by atoms with Crippen molar-refractivity contribution in [3.63, 3.8) is 0 Å². The van der Waals surface area contributed by atoms with E-state index in [9.17, 15) is 0 Å². The topological polar surface area (TPSA) is 29.0 Å². The van der Waals surface area contributed by atoms with Crippen molar-refractivity contribution in [3.8, 4) is 22.0 Å². The van der Waals surface area contributed by atoms with Crippen LogP contribution in [0.3, 0.4) is 0 Å². The van der Waals surface area contributed by atoms with E-state index in [4.69, 9.17) is 9.36 Å². The lowest BCUT2D eigenvalue weighted by atomic mass is 9.87. The van der Waals surface area contributed by atoms with Crippen LogP contribution in [0.1, 0.15) is 26.3 Å². The van der Waals surface area contributed by atoms with Gasteiger partial charge in [-0.3, -0.25) is 0 Å². The molecule has 0 fully saturated rings. The second-order valence-corrected chi connectivity index (χ2v) is 13.1. The average Bonchev–Trinajstić information content (AvgIpc) is 3.63. The Hall–Kier alpha value is -4.32. The minimum Gasteiger partial charge on any atom is -0.310 e. The van der Waals surface area contributed by atoms with E-state index in [1.165, 1.54) is 37.3 Å². The lowest BCUT2D eigenvalue weighted by Crippen LogP contribution is -2.10. The summed E-state index contributed by atoms with van der Waals surface area (Å²) in [5.41, 5.74) is 6.85. The molecule has 41 heavy (non-hydrogen) atoms. The first-order valence-corrected chi connectivity index (χ1v) is 15.3. The van der Waals surface area contributed by atoms with E-state index >= 15 is 0 Å². The predicted octanol–water partition coefficient (Wildman–Crippen LogP) is 11.0. The van der Waals surface area contributed by atoms with E-state index in [1.807, 2.05) is 11.3 Å². The van der Waals surface area contributed by atoms with Crippen LogP contribution in [0.15, 0.2) is 121 Å². The third-order valence-corrected chi connectivity index (χ3v) is 9.32. The molecule has 0 unspecified atom stereocenters. The molecule has 0 aliphatic heterocycles. The summed E-state index contributed by atoms with van der Waals surface area (Å²) in [6.45, 7) is 6.69. The van der Waals surface area contributed by atoms with Crippen LogP contribution in [-0.4, -0.2) is 9.36 Å². The van der Waals surface area contributed by atoms with E-state index in [0.29, 0.717) is 0 Å². The summed E-state index contributed by atoms with van der Waals surface area (Å²) in [5, 5.41) is 3.52. The number of aromatic nitrogens is 2. The predicted molar refractivity (Wildman–Crippen MR) is 177 cm³/mol. The lowest BCUT2D eigenvalue weighted by Gasteiger charge is -2.26. The molecule has 0 bridgehead atoms. The normalized spacial score (nSPS) is 11.8. The zero-order chi connectivity index (χ0) is 28.0. The number of rotatable bonds is 5. The van der Waals surface area contributed by atoms with E-state index in [-0.39, 0.29) is 5.41 Å². The zero-order valence-electron chi connectivity index (χ0n) is 23.2. The van der Waals surface area contributed by atoms with E-state index in [2.05, 4.69) is 147 Å². The van der Waals surface area contributed by atoms with Crippen LogP contribution >= 0.6 is 22.9 Å². The molecule has 0 N–H and O–H groups in total. The van der Waals surface area contributed by atoms with Gasteiger partial charge < -0.3 is 4.90 Å². The Morgan fingerprint density at radius 3 is 2.10 bits per heavy atom. The molecule has 3 nitrogen and oxygen atoms in total. The van der Waals surface area contributed by atoms with Crippen LogP contribution in [-0.2, 0) is 5.41 Å². The number of para-hydroxylation sites is 1. The van der Waals surface area contributed by atoms with Crippen molar-refractivity contribution >= 4 is 60.1 Å². The molecular weight excluding hydrogens is 539 g/mol. The quantitative estimate of drug-likeness (QED) is 0.207. The molecule has 0 saturated carbocycles. The van der Waals surface area contributed by atoms with Gasteiger partial charge in [0.05, 0.1) is 0 Å². The van der Waals surface area contributed by atoms with E-state index in [1.54, 1.807) is 0 Å². The number of anilines is 3. The van der Waals surface area contributed by atoms with Gasteiger partial charge in [-0.2, -0.15) is 4.37 Å². The Labute approximate surface area is 248 Å². The standard InChI is InChI=1S/C36H29N3S2/c1-36(2,3)26-18-16-24(17-19-26)34-37-35(41-38-34)25-10-9-13-28(22-25)39(27-11-5-4-6-12-27)29-20-21-31-30-14-7-8-15-32(30)40-33(31)23-29/h4-23H,1-3H3. The maximum atomic E-state index is 4.94. The Morgan fingerprint density at radius 2 is 1.29 bits per heavy atom. The van der Waals surface area contributed by atoms with Crippen LogP contribution in [0.5, 0.6) is 0 Å². The van der Waals surface area contributed by atoms with Gasteiger partial charge in [-0.1, -0.05) is 99.6 Å². The van der Waals surface area contributed by atoms with Crippen molar-refractivity contribution < 1.29 is 0 Å². The van der Waals surface area contributed by atoms with Gasteiger partial charge in [0.15, 0.2) is 5.82 Å². The van der Waals surface area contributed by atoms with Crippen molar-refractivity contribution in [2.75, 3.05) is 4.90 Å². The van der Waals surface area contributed by atoms with Crippen molar-refractivity contribution in [1.82, 2.24) is 9.36 Å². The first kappa shape index (κ1) is 25.6. The number of nitrogens with zero attached hydrogens (tertiary/aromatic N) is 3. The molecule has 5 heteroatoms. The number of hydrogen-bond acceptors (Lipinski definition) is 5. The Balaban J connectivity index is 1.27. The highest BCUT2D eigenvalue weighted by atomic mass is 32.1. The van der Waals surface area contributed by atoms with Gasteiger partial charge in [-0.15, -0.1) is 11.3 Å². The van der Waals surface area contributed by atoms with Crippen LogP contribution in [0, 0.1) is 0 Å². The first-order valence-electron chi connectivity index (χ1n) is 13.8. The molecule has 7 aromatic rings. The number of hydrogen-bond donors (Lipinski definition) is 0. The molecule has 7 rings (SSSR count). The summed E-state index contributed by atoms with van der Waals surface area (Å²) >= 11 is 3.29. The second kappa shape index (κ2) is 10.3. The average molecular weight is 568 g/mol. The van der Waals surface area contributed by atoms with E-state index in [0.717, 1.165) is 39.0 Å². The third-order valence-electron chi connectivity index (χ3n) is 7.42. The second-order valence-electron chi connectivity index (χ2n) is 11.3. The highest BCUT2D eigenvalue weighted by Crippen LogP contribution is 2.41. The Morgan fingerprint density at radius 1 is 0.585 bits per heavy atom. The fourth-order valence-corrected chi connectivity index (χ4v) is 7.05. The van der Waals surface area contributed by atoms with E-state index < -0.39 is 0 Å². The smallest absolute Gasteiger partial charge is 0.173 e. The molecule has 0 aliphatic rings. The van der Waals surface area contributed by atoms with Gasteiger partial charge in [0.1, 0.15) is 5.01 Å². The third kappa shape index (κ3) is 4.92. The largest absolute Gasteiger partial charge is 0.310 e. The minimum atomic E-state index is 0.117. The number of fused-ring (bicyclic) bond motifs is 3. The molecule has 0 aliphatic carbocycles. The molecule has 200 valence electrons. The van der Waals surface area contributed by atoms with Gasteiger partial charge in [0.2, 0.25) is 0 Å². The maximum Gasteiger partial charge on any atom is 0.173 e. The van der Waals surface area contributed by atoms with Gasteiger partial charge in [-0.25, -0.2) is 4.98 Å². The molecular formula is C36H29N3S2. The zero-order valence-corrected chi connectivity index (χ0v) is 24.8. The summed E-state index contributed by atoms with van der Waals surface area (Å²) in [5.74, 6) is 0.769. The fraction of sp³-hybridized carbons (Fsp3) is 0.111. The summed E-state index contributed by atoms with van der Waals surface area (Å²) < 4.78 is 7.32. The highest BCUT2D eigenvalue weighted by Gasteiger charge is 2.17. The van der Waals surface area contributed by atoms with Crippen molar-refractivity contribution in [1.29, 1.82) is 0 Å². The summed E-state index contributed by atoms with van der Waals surface area (Å²) in [6.07, 6.45) is 0. The van der Waals surface area contributed by atoms with Gasteiger partial charge in [-0.05, 0) is 65.0 Å². The molecule has 2 heterocycles. The monoisotopic (exact) mass is 567 g/mol. The molecule has 5 aromatic carbocycles. The summed E-state index contributed by atoms with van der Waals surface area (Å²) in [7, 11) is 0. The SMILES string of the molecule is CC(C)(C)c1ccc(-c2nsc(-c3cccc(N(c4ccccc4)c4ccc5c(c4)sc4ccccc45)c3)n2)cc1. The molecule has 0 atom stereocenters. The van der Waals surface area contributed by atoms with Crippen molar-refractivity contribution in [2.24, 2.45) is 0 Å². The maximum absolute atomic E-state index is 4.94. The van der Waals surface area contributed by atoms with Crippen LogP contribution in [0.2, 0.25) is 0 Å². The fourth-order valence-electron chi connectivity index (χ4n) is 5.23. The minimum absolute atomic E-state index is 0.117. The molecule has 2 aromatic heterocycles. The summed E-state index contributed by atoms with van der Waals surface area (Å²) in [6, 6.07) is 43.2. The van der Waals surface area contributed by atoms with Crippen LogP contribution < -0.4 is 4.90 Å². The first-order chi connectivity index (χ1) is 19.9. The van der Waals surface area contributed by atoms with Crippen molar-refractivity contribution in [2.45, 2.75) is 26.2 Å².